The number of hydrogen-bond donors (Lipinski definition) is 3. The monoisotopic (exact) mass is 317 g/mol. The maximum atomic E-state index is 12.3. The molecule has 1 aromatic carbocycles. The van der Waals surface area contributed by atoms with Crippen LogP contribution in [0.2, 0.25) is 0 Å². The molecule has 0 spiro atoms. The standard InChI is InChI=1S/C13H19NO6S/c1-8(15)13(2,3)14-21(18,19)9-5-6-11(20-4)10(7-9)12(16)17/h5-8,14-15H,1-4H3,(H,16,17). The minimum absolute atomic E-state index is 0.0660. The Balaban J connectivity index is 3.27. The number of rotatable bonds is 6. The van der Waals surface area contributed by atoms with Gasteiger partial charge in [0.15, 0.2) is 0 Å². The van der Waals surface area contributed by atoms with Crippen LogP contribution in [0.15, 0.2) is 23.1 Å². The molecule has 0 heterocycles. The van der Waals surface area contributed by atoms with Crippen LogP contribution in [0, 0.1) is 0 Å². The van der Waals surface area contributed by atoms with Crippen LogP contribution in [0.25, 0.3) is 0 Å². The number of ether oxygens (including phenoxy) is 1. The van der Waals surface area contributed by atoms with E-state index < -0.39 is 27.6 Å². The Hall–Kier alpha value is -1.64. The number of aliphatic hydroxyl groups excluding tert-OH is 1. The SMILES string of the molecule is COc1ccc(S(=O)(=O)NC(C)(C)C(C)O)cc1C(=O)O. The van der Waals surface area contributed by atoms with Crippen LogP contribution >= 0.6 is 0 Å². The highest BCUT2D eigenvalue weighted by atomic mass is 32.2. The van der Waals surface area contributed by atoms with E-state index in [2.05, 4.69) is 4.72 Å². The molecule has 1 unspecified atom stereocenters. The molecule has 1 aromatic rings. The number of carbonyl (C=O) groups is 1. The fraction of sp³-hybridized carbons (Fsp3) is 0.462. The summed E-state index contributed by atoms with van der Waals surface area (Å²) < 4.78 is 31.8. The van der Waals surface area contributed by atoms with Crippen molar-refractivity contribution in [1.29, 1.82) is 0 Å². The molecule has 1 atom stereocenters. The van der Waals surface area contributed by atoms with Gasteiger partial charge in [-0.25, -0.2) is 17.9 Å². The highest BCUT2D eigenvalue weighted by molar-refractivity contribution is 7.89. The van der Waals surface area contributed by atoms with Gasteiger partial charge in [0, 0.05) is 0 Å². The van der Waals surface area contributed by atoms with Crippen molar-refractivity contribution in [2.75, 3.05) is 7.11 Å². The molecule has 0 amide bonds. The molecule has 0 fully saturated rings. The van der Waals surface area contributed by atoms with Gasteiger partial charge in [-0.2, -0.15) is 0 Å². The molecule has 0 saturated carbocycles. The van der Waals surface area contributed by atoms with E-state index in [0.717, 1.165) is 6.07 Å². The molecule has 0 saturated heterocycles. The summed E-state index contributed by atoms with van der Waals surface area (Å²) in [7, 11) is -2.68. The number of benzene rings is 1. The predicted molar refractivity (Wildman–Crippen MR) is 76.0 cm³/mol. The third-order valence-corrected chi connectivity index (χ3v) is 4.82. The predicted octanol–water partition coefficient (Wildman–Crippen LogP) is 0.831. The summed E-state index contributed by atoms with van der Waals surface area (Å²) in [5.74, 6) is -1.23. The first-order chi connectivity index (χ1) is 9.51. The van der Waals surface area contributed by atoms with Gasteiger partial charge in [-0.1, -0.05) is 0 Å². The van der Waals surface area contributed by atoms with Gasteiger partial charge in [-0.05, 0) is 39.0 Å². The van der Waals surface area contributed by atoms with Gasteiger partial charge in [-0.15, -0.1) is 0 Å². The maximum absolute atomic E-state index is 12.3. The zero-order valence-corrected chi connectivity index (χ0v) is 13.1. The van der Waals surface area contributed by atoms with Crippen LogP contribution in [-0.2, 0) is 10.0 Å². The van der Waals surface area contributed by atoms with Crippen LogP contribution in [0.3, 0.4) is 0 Å². The Morgan fingerprint density at radius 1 is 1.38 bits per heavy atom. The molecule has 0 aromatic heterocycles. The summed E-state index contributed by atoms with van der Waals surface area (Å²) in [5.41, 5.74) is -1.35. The number of hydrogen-bond acceptors (Lipinski definition) is 5. The van der Waals surface area contributed by atoms with E-state index in [4.69, 9.17) is 9.84 Å². The first-order valence-electron chi connectivity index (χ1n) is 6.14. The molecule has 1 rings (SSSR count). The van der Waals surface area contributed by atoms with Crippen molar-refractivity contribution in [3.05, 3.63) is 23.8 Å². The van der Waals surface area contributed by atoms with Gasteiger partial charge in [0.2, 0.25) is 10.0 Å². The molecule has 118 valence electrons. The molecule has 0 aliphatic carbocycles. The van der Waals surface area contributed by atoms with Crippen molar-refractivity contribution in [2.24, 2.45) is 0 Å². The normalized spacial score (nSPS) is 13.8. The second-order valence-corrected chi connectivity index (χ2v) is 6.85. The van der Waals surface area contributed by atoms with E-state index in [9.17, 15) is 18.3 Å². The Kier molecular flexibility index (Phi) is 4.98. The topological polar surface area (TPSA) is 113 Å². The zero-order valence-electron chi connectivity index (χ0n) is 12.2. The number of carboxylic acids is 1. The largest absolute Gasteiger partial charge is 0.496 e. The Bertz CT molecular complexity index is 636. The number of carboxylic acid groups (broad SMARTS) is 1. The minimum Gasteiger partial charge on any atom is -0.496 e. The summed E-state index contributed by atoms with van der Waals surface area (Å²) in [6.45, 7) is 4.51. The highest BCUT2D eigenvalue weighted by Gasteiger charge is 2.31. The smallest absolute Gasteiger partial charge is 0.339 e. The van der Waals surface area contributed by atoms with E-state index >= 15 is 0 Å². The van der Waals surface area contributed by atoms with Crippen molar-refractivity contribution in [3.63, 3.8) is 0 Å². The fourth-order valence-corrected chi connectivity index (χ4v) is 3.01. The van der Waals surface area contributed by atoms with E-state index in [-0.39, 0.29) is 16.2 Å². The number of aromatic carboxylic acids is 1. The molecule has 0 radical (unpaired) electrons. The molecule has 21 heavy (non-hydrogen) atoms. The van der Waals surface area contributed by atoms with Crippen LogP contribution in [0.5, 0.6) is 5.75 Å². The Morgan fingerprint density at radius 2 is 1.95 bits per heavy atom. The molecular formula is C13H19NO6S. The van der Waals surface area contributed by atoms with Gasteiger partial charge in [-0.3, -0.25) is 0 Å². The molecule has 8 heteroatoms. The van der Waals surface area contributed by atoms with Crippen molar-refractivity contribution in [1.82, 2.24) is 4.72 Å². The lowest BCUT2D eigenvalue weighted by Gasteiger charge is -2.29. The first-order valence-corrected chi connectivity index (χ1v) is 7.63. The maximum Gasteiger partial charge on any atom is 0.339 e. The molecule has 3 N–H and O–H groups in total. The summed E-state index contributed by atoms with van der Waals surface area (Å²) >= 11 is 0. The van der Waals surface area contributed by atoms with E-state index in [1.165, 1.54) is 40.0 Å². The number of methoxy groups -OCH3 is 1. The Labute approximate surface area is 123 Å². The average Bonchev–Trinajstić information content (AvgIpc) is 2.36. The van der Waals surface area contributed by atoms with Gasteiger partial charge in [0.05, 0.1) is 23.6 Å². The van der Waals surface area contributed by atoms with Crippen molar-refractivity contribution in [2.45, 2.75) is 37.3 Å². The summed E-state index contributed by atoms with van der Waals surface area (Å²) in [5, 5.41) is 18.6. The molecule has 0 aliphatic heterocycles. The summed E-state index contributed by atoms with van der Waals surface area (Å²) in [6.07, 6.45) is -0.926. The summed E-state index contributed by atoms with van der Waals surface area (Å²) in [4.78, 5) is 10.9. The first kappa shape index (κ1) is 17.4. The average molecular weight is 317 g/mol. The number of sulfonamides is 1. The minimum atomic E-state index is -3.97. The molecule has 7 nitrogen and oxygen atoms in total. The van der Waals surface area contributed by atoms with Crippen LogP contribution in [0.4, 0.5) is 0 Å². The second-order valence-electron chi connectivity index (χ2n) is 5.17. The fourth-order valence-electron chi connectivity index (χ4n) is 1.51. The zero-order chi connectivity index (χ0) is 16.4. The lowest BCUT2D eigenvalue weighted by Crippen LogP contribution is -2.50. The van der Waals surface area contributed by atoms with Gasteiger partial charge >= 0.3 is 5.97 Å². The molecule has 0 bridgehead atoms. The highest BCUT2D eigenvalue weighted by Crippen LogP contribution is 2.23. The number of aliphatic hydroxyl groups is 1. The quantitative estimate of drug-likeness (QED) is 0.716. The van der Waals surface area contributed by atoms with Crippen molar-refractivity contribution < 1.29 is 28.2 Å². The van der Waals surface area contributed by atoms with Crippen LogP contribution in [-0.4, -0.2) is 43.4 Å². The van der Waals surface area contributed by atoms with Gasteiger partial charge in [0.1, 0.15) is 11.3 Å². The van der Waals surface area contributed by atoms with Gasteiger partial charge in [0.25, 0.3) is 0 Å². The van der Waals surface area contributed by atoms with Crippen molar-refractivity contribution >= 4 is 16.0 Å². The van der Waals surface area contributed by atoms with E-state index in [0.29, 0.717) is 0 Å². The van der Waals surface area contributed by atoms with Crippen LogP contribution in [0.1, 0.15) is 31.1 Å². The lowest BCUT2D eigenvalue weighted by atomic mass is 10.0. The lowest BCUT2D eigenvalue weighted by molar-refractivity contribution is 0.0693. The van der Waals surface area contributed by atoms with E-state index in [1.54, 1.807) is 0 Å². The number of nitrogens with one attached hydrogen (secondary N) is 1. The van der Waals surface area contributed by atoms with E-state index in [1.807, 2.05) is 0 Å². The molecular weight excluding hydrogens is 298 g/mol. The van der Waals surface area contributed by atoms with Gasteiger partial charge < -0.3 is 14.9 Å². The van der Waals surface area contributed by atoms with Crippen molar-refractivity contribution in [3.8, 4) is 5.75 Å². The Morgan fingerprint density at radius 3 is 2.38 bits per heavy atom. The third-order valence-electron chi connectivity index (χ3n) is 3.15. The van der Waals surface area contributed by atoms with Crippen LogP contribution < -0.4 is 9.46 Å². The second kappa shape index (κ2) is 6.00. The molecule has 0 aliphatic rings. The summed E-state index contributed by atoms with van der Waals surface area (Å²) in [6, 6.07) is 3.53. The third kappa shape index (κ3) is 3.93.